The number of carbonyl (C=O) groups is 2. The molecule has 1 aliphatic rings. The molecule has 0 radical (unpaired) electrons. The van der Waals surface area contributed by atoms with Gasteiger partial charge in [-0.3, -0.25) is 9.78 Å². The summed E-state index contributed by atoms with van der Waals surface area (Å²) in [6.45, 7) is 3.13. The lowest BCUT2D eigenvalue weighted by Gasteiger charge is -2.13. The Kier molecular flexibility index (Phi) is 1.96. The smallest absolute Gasteiger partial charge is 0.422 e. The monoisotopic (exact) mass is 206 g/mol. The Balaban J connectivity index is 2.40. The first-order valence-corrected chi connectivity index (χ1v) is 4.50. The molecule has 2 heterocycles. The largest absolute Gasteiger partial charge is 0.433 e. The van der Waals surface area contributed by atoms with Gasteiger partial charge in [-0.05, 0) is 26.0 Å². The third-order valence-electron chi connectivity index (χ3n) is 2.16. The molecule has 1 aromatic rings. The van der Waals surface area contributed by atoms with E-state index in [1.807, 2.05) is 0 Å². The number of imide groups is 1. The Morgan fingerprint density at radius 1 is 1.27 bits per heavy atom. The van der Waals surface area contributed by atoms with Crippen molar-refractivity contribution in [2.24, 2.45) is 0 Å². The van der Waals surface area contributed by atoms with Crippen molar-refractivity contribution in [2.75, 3.05) is 4.90 Å². The molecule has 0 unspecified atom stereocenters. The van der Waals surface area contributed by atoms with E-state index >= 15 is 0 Å². The van der Waals surface area contributed by atoms with Crippen LogP contribution in [0.2, 0.25) is 0 Å². The Labute approximate surface area is 86.7 Å². The van der Waals surface area contributed by atoms with Crippen molar-refractivity contribution in [3.05, 3.63) is 24.5 Å². The van der Waals surface area contributed by atoms with Crippen molar-refractivity contribution in [1.29, 1.82) is 0 Å². The highest BCUT2D eigenvalue weighted by Gasteiger charge is 2.47. The quantitative estimate of drug-likeness (QED) is 0.695. The molecule has 5 nitrogen and oxygen atoms in total. The second-order valence-corrected chi connectivity index (χ2v) is 3.72. The summed E-state index contributed by atoms with van der Waals surface area (Å²) in [7, 11) is 0. The molecule has 5 heteroatoms. The highest BCUT2D eigenvalue weighted by atomic mass is 16.6. The molecule has 1 saturated heterocycles. The van der Waals surface area contributed by atoms with Gasteiger partial charge in [0, 0.05) is 12.4 Å². The first-order valence-electron chi connectivity index (χ1n) is 4.50. The number of aromatic nitrogens is 1. The molecule has 0 bridgehead atoms. The van der Waals surface area contributed by atoms with E-state index in [9.17, 15) is 9.59 Å². The summed E-state index contributed by atoms with van der Waals surface area (Å²) in [4.78, 5) is 28.1. The molecule has 0 aliphatic carbocycles. The van der Waals surface area contributed by atoms with E-state index in [0.29, 0.717) is 5.69 Å². The number of ether oxygens (including phenoxy) is 1. The van der Waals surface area contributed by atoms with Gasteiger partial charge in [0.1, 0.15) is 0 Å². The molecule has 0 atom stereocenters. The molecule has 2 amide bonds. The number of rotatable bonds is 1. The van der Waals surface area contributed by atoms with Crippen LogP contribution in [0, 0.1) is 0 Å². The summed E-state index contributed by atoms with van der Waals surface area (Å²) < 4.78 is 4.95. The Hall–Kier alpha value is -1.91. The van der Waals surface area contributed by atoms with Gasteiger partial charge in [-0.2, -0.15) is 0 Å². The van der Waals surface area contributed by atoms with E-state index in [4.69, 9.17) is 4.74 Å². The Morgan fingerprint density at radius 3 is 2.33 bits per heavy atom. The minimum absolute atomic E-state index is 0.362. The Bertz CT molecular complexity index is 414. The van der Waals surface area contributed by atoms with Crippen LogP contribution >= 0.6 is 0 Å². The molecular weight excluding hydrogens is 196 g/mol. The van der Waals surface area contributed by atoms with Gasteiger partial charge in [0.05, 0.1) is 5.69 Å². The van der Waals surface area contributed by atoms with Gasteiger partial charge >= 0.3 is 6.09 Å². The molecule has 78 valence electrons. The van der Waals surface area contributed by atoms with Crippen LogP contribution < -0.4 is 4.90 Å². The number of hydrogen-bond donors (Lipinski definition) is 0. The van der Waals surface area contributed by atoms with Gasteiger partial charge in [-0.1, -0.05) is 0 Å². The standard InChI is InChI=1S/C10H10N2O3/c1-10(2)8(13)12(9(14)15-10)7-3-5-11-6-4-7/h3-6H,1-2H3. The fraction of sp³-hybridized carbons (Fsp3) is 0.300. The summed E-state index contributed by atoms with van der Waals surface area (Å²) in [6, 6.07) is 3.17. The normalized spacial score (nSPS) is 19.2. The maximum absolute atomic E-state index is 11.8. The molecule has 0 spiro atoms. The van der Waals surface area contributed by atoms with E-state index in [-0.39, 0.29) is 5.91 Å². The van der Waals surface area contributed by atoms with Gasteiger partial charge in [0.25, 0.3) is 5.91 Å². The van der Waals surface area contributed by atoms with Gasteiger partial charge in [-0.15, -0.1) is 0 Å². The number of pyridine rings is 1. The number of anilines is 1. The Morgan fingerprint density at radius 2 is 1.87 bits per heavy atom. The highest BCUT2D eigenvalue weighted by molar-refractivity contribution is 6.19. The zero-order valence-electron chi connectivity index (χ0n) is 8.43. The van der Waals surface area contributed by atoms with Crippen molar-refractivity contribution in [3.63, 3.8) is 0 Å². The molecule has 1 aromatic heterocycles. The van der Waals surface area contributed by atoms with Crippen LogP contribution in [0.1, 0.15) is 13.8 Å². The van der Waals surface area contributed by atoms with E-state index in [1.54, 1.807) is 26.0 Å². The van der Waals surface area contributed by atoms with Gasteiger partial charge in [0.2, 0.25) is 0 Å². The summed E-state index contributed by atoms with van der Waals surface area (Å²) in [5.74, 6) is -0.362. The first kappa shape index (κ1) is 9.64. The lowest BCUT2D eigenvalue weighted by Crippen LogP contribution is -2.36. The van der Waals surface area contributed by atoms with Gasteiger partial charge in [-0.25, -0.2) is 9.69 Å². The lowest BCUT2D eigenvalue weighted by molar-refractivity contribution is -0.127. The molecule has 15 heavy (non-hydrogen) atoms. The van der Waals surface area contributed by atoms with Crippen LogP contribution in [0.15, 0.2) is 24.5 Å². The molecular formula is C10H10N2O3. The van der Waals surface area contributed by atoms with Crippen LogP contribution in [0.4, 0.5) is 10.5 Å². The minimum Gasteiger partial charge on any atom is -0.433 e. The van der Waals surface area contributed by atoms with Crippen LogP contribution in [0.25, 0.3) is 0 Å². The molecule has 1 fully saturated rings. The predicted octanol–water partition coefficient (Wildman–Crippen LogP) is 1.34. The van der Waals surface area contributed by atoms with Gasteiger partial charge < -0.3 is 4.74 Å². The minimum atomic E-state index is -1.08. The predicted molar refractivity (Wildman–Crippen MR) is 52.3 cm³/mol. The summed E-state index contributed by atoms with van der Waals surface area (Å²) >= 11 is 0. The number of hydrogen-bond acceptors (Lipinski definition) is 4. The summed E-state index contributed by atoms with van der Waals surface area (Å²) in [6.07, 6.45) is 2.39. The van der Waals surface area contributed by atoms with Crippen LogP contribution in [0.5, 0.6) is 0 Å². The maximum atomic E-state index is 11.8. The fourth-order valence-electron chi connectivity index (χ4n) is 1.38. The van der Waals surface area contributed by atoms with Crippen molar-refractivity contribution in [1.82, 2.24) is 4.98 Å². The van der Waals surface area contributed by atoms with E-state index in [2.05, 4.69) is 4.98 Å². The van der Waals surface area contributed by atoms with E-state index in [0.717, 1.165) is 4.90 Å². The maximum Gasteiger partial charge on any atom is 0.422 e. The lowest BCUT2D eigenvalue weighted by atomic mass is 10.1. The SMILES string of the molecule is CC1(C)OC(=O)N(c2ccncc2)C1=O. The number of carbonyl (C=O) groups excluding carboxylic acids is 2. The molecule has 2 rings (SSSR count). The summed E-state index contributed by atoms with van der Waals surface area (Å²) in [5.41, 5.74) is -0.606. The number of cyclic esters (lactones) is 1. The van der Waals surface area contributed by atoms with E-state index in [1.165, 1.54) is 12.4 Å². The molecule has 0 aromatic carbocycles. The summed E-state index contributed by atoms with van der Waals surface area (Å²) in [5, 5.41) is 0. The van der Waals surface area contributed by atoms with Crippen LogP contribution in [-0.4, -0.2) is 22.6 Å². The van der Waals surface area contributed by atoms with Crippen LogP contribution in [0.3, 0.4) is 0 Å². The molecule has 0 N–H and O–H groups in total. The topological polar surface area (TPSA) is 59.5 Å². The average Bonchev–Trinajstić information content (AvgIpc) is 2.38. The van der Waals surface area contributed by atoms with Crippen molar-refractivity contribution in [2.45, 2.75) is 19.4 Å². The first-order chi connectivity index (χ1) is 7.02. The van der Waals surface area contributed by atoms with Crippen LogP contribution in [-0.2, 0) is 9.53 Å². The van der Waals surface area contributed by atoms with Crippen molar-refractivity contribution < 1.29 is 14.3 Å². The van der Waals surface area contributed by atoms with Crippen molar-refractivity contribution >= 4 is 17.7 Å². The van der Waals surface area contributed by atoms with Gasteiger partial charge in [0.15, 0.2) is 5.60 Å². The van der Waals surface area contributed by atoms with Crippen molar-refractivity contribution in [3.8, 4) is 0 Å². The number of nitrogens with zero attached hydrogens (tertiary/aromatic N) is 2. The average molecular weight is 206 g/mol. The second-order valence-electron chi connectivity index (χ2n) is 3.72. The number of amides is 2. The second kappa shape index (κ2) is 3.05. The zero-order valence-corrected chi connectivity index (χ0v) is 8.43. The zero-order chi connectivity index (χ0) is 11.1. The molecule has 1 aliphatic heterocycles. The highest BCUT2D eigenvalue weighted by Crippen LogP contribution is 2.28. The third-order valence-corrected chi connectivity index (χ3v) is 2.16. The third kappa shape index (κ3) is 1.45. The molecule has 0 saturated carbocycles. The fourth-order valence-corrected chi connectivity index (χ4v) is 1.38. The van der Waals surface area contributed by atoms with E-state index < -0.39 is 11.7 Å².